The van der Waals surface area contributed by atoms with Gasteiger partial charge in [-0.05, 0) is 24.6 Å². The van der Waals surface area contributed by atoms with Crippen LogP contribution in [0.5, 0.6) is 0 Å². The number of carboxylic acids is 1. The zero-order valence-electron chi connectivity index (χ0n) is 12.1. The topological polar surface area (TPSA) is 86.6 Å². The third kappa shape index (κ3) is 2.99. The summed E-state index contributed by atoms with van der Waals surface area (Å²) in [5, 5.41) is 21.7. The molecule has 1 atom stereocenters. The van der Waals surface area contributed by atoms with Crippen LogP contribution in [0.4, 0.5) is 0 Å². The molecule has 0 aromatic heterocycles. The van der Waals surface area contributed by atoms with Crippen LogP contribution in [0.15, 0.2) is 54.6 Å². The molecule has 0 aliphatic rings. The zero-order chi connectivity index (χ0) is 16.2. The molecular formula is C17H17NO4. The van der Waals surface area contributed by atoms with Crippen LogP contribution in [0, 0.1) is 6.92 Å². The van der Waals surface area contributed by atoms with E-state index in [1.54, 1.807) is 54.6 Å². The standard InChI is InChI=1S/C17H17NO4/c1-12-7-9-14(10-8-12)17(11-19,16(21)22)18-15(20)13-5-3-2-4-6-13/h2-10,19H,11H2,1H3,(H,18,20)(H,21,22)/t17-/m1/s1. The van der Waals surface area contributed by atoms with Crippen LogP contribution in [0.2, 0.25) is 0 Å². The number of carbonyl (C=O) groups excluding carboxylic acids is 1. The second kappa shape index (κ2) is 6.41. The monoisotopic (exact) mass is 299 g/mol. The Bertz CT molecular complexity index is 667. The largest absolute Gasteiger partial charge is 0.479 e. The smallest absolute Gasteiger partial charge is 0.336 e. The van der Waals surface area contributed by atoms with Gasteiger partial charge in [0, 0.05) is 5.56 Å². The first-order valence-electron chi connectivity index (χ1n) is 6.78. The molecule has 114 valence electrons. The quantitative estimate of drug-likeness (QED) is 0.784. The summed E-state index contributed by atoms with van der Waals surface area (Å²) in [6.45, 7) is 1.12. The third-order valence-electron chi connectivity index (χ3n) is 3.51. The summed E-state index contributed by atoms with van der Waals surface area (Å²) in [5.41, 5.74) is -0.276. The lowest BCUT2D eigenvalue weighted by Crippen LogP contribution is -2.54. The van der Waals surface area contributed by atoms with Gasteiger partial charge in [0.15, 0.2) is 5.54 Å². The molecule has 5 heteroatoms. The summed E-state index contributed by atoms with van der Waals surface area (Å²) in [4.78, 5) is 24.0. The summed E-state index contributed by atoms with van der Waals surface area (Å²) in [6, 6.07) is 14.9. The normalized spacial score (nSPS) is 13.2. The first-order chi connectivity index (χ1) is 10.5. The molecule has 0 saturated carbocycles. The molecule has 0 radical (unpaired) electrons. The molecule has 0 unspecified atom stereocenters. The molecule has 0 aliphatic carbocycles. The van der Waals surface area contributed by atoms with Crippen LogP contribution >= 0.6 is 0 Å². The number of aryl methyl sites for hydroxylation is 1. The molecule has 0 aliphatic heterocycles. The molecule has 0 saturated heterocycles. The number of benzene rings is 2. The van der Waals surface area contributed by atoms with Gasteiger partial charge >= 0.3 is 5.97 Å². The van der Waals surface area contributed by atoms with E-state index in [4.69, 9.17) is 0 Å². The molecule has 3 N–H and O–H groups in total. The number of rotatable bonds is 5. The molecule has 2 rings (SSSR count). The second-order valence-corrected chi connectivity index (χ2v) is 5.05. The Morgan fingerprint density at radius 3 is 2.14 bits per heavy atom. The van der Waals surface area contributed by atoms with E-state index in [-0.39, 0.29) is 0 Å². The van der Waals surface area contributed by atoms with Crippen molar-refractivity contribution in [3.05, 3.63) is 71.3 Å². The summed E-state index contributed by atoms with van der Waals surface area (Å²) < 4.78 is 0. The lowest BCUT2D eigenvalue weighted by Gasteiger charge is -2.29. The van der Waals surface area contributed by atoms with E-state index < -0.39 is 24.0 Å². The number of carbonyl (C=O) groups is 2. The maximum atomic E-state index is 12.3. The second-order valence-electron chi connectivity index (χ2n) is 5.05. The fourth-order valence-corrected chi connectivity index (χ4v) is 2.14. The van der Waals surface area contributed by atoms with Gasteiger partial charge in [-0.2, -0.15) is 0 Å². The molecular weight excluding hydrogens is 282 g/mol. The van der Waals surface area contributed by atoms with Crippen molar-refractivity contribution in [2.45, 2.75) is 12.5 Å². The van der Waals surface area contributed by atoms with E-state index in [0.717, 1.165) is 5.56 Å². The lowest BCUT2D eigenvalue weighted by atomic mass is 9.89. The zero-order valence-corrected chi connectivity index (χ0v) is 12.1. The minimum absolute atomic E-state index is 0.317. The molecule has 0 heterocycles. The molecule has 2 aromatic rings. The predicted molar refractivity (Wildman–Crippen MR) is 81.5 cm³/mol. The molecule has 0 spiro atoms. The molecule has 0 bridgehead atoms. The van der Waals surface area contributed by atoms with Crippen molar-refractivity contribution in [1.29, 1.82) is 0 Å². The van der Waals surface area contributed by atoms with Crippen molar-refractivity contribution < 1.29 is 19.8 Å². The highest BCUT2D eigenvalue weighted by Crippen LogP contribution is 2.22. The van der Waals surface area contributed by atoms with Crippen LogP contribution < -0.4 is 5.32 Å². The van der Waals surface area contributed by atoms with Crippen LogP contribution in [0.25, 0.3) is 0 Å². The predicted octanol–water partition coefficient (Wildman–Crippen LogP) is 1.70. The molecule has 0 fully saturated rings. The SMILES string of the molecule is Cc1ccc([C@@](CO)(NC(=O)c2ccccc2)C(=O)O)cc1. The maximum Gasteiger partial charge on any atom is 0.336 e. The van der Waals surface area contributed by atoms with Crippen LogP contribution in [-0.2, 0) is 10.3 Å². The summed E-state index contributed by atoms with van der Waals surface area (Å²) in [7, 11) is 0. The Morgan fingerprint density at radius 1 is 1.05 bits per heavy atom. The highest BCUT2D eigenvalue weighted by molar-refractivity contribution is 5.98. The van der Waals surface area contributed by atoms with Gasteiger partial charge in [0.25, 0.3) is 5.91 Å². The summed E-state index contributed by atoms with van der Waals surface area (Å²) in [6.07, 6.45) is 0. The van der Waals surface area contributed by atoms with Gasteiger partial charge in [0.2, 0.25) is 0 Å². The number of hydrogen-bond acceptors (Lipinski definition) is 3. The van der Waals surface area contributed by atoms with Crippen molar-refractivity contribution in [1.82, 2.24) is 5.32 Å². The molecule has 22 heavy (non-hydrogen) atoms. The minimum Gasteiger partial charge on any atom is -0.479 e. The Kier molecular flexibility index (Phi) is 4.58. The number of amides is 1. The maximum absolute atomic E-state index is 12.3. The Hall–Kier alpha value is -2.66. The van der Waals surface area contributed by atoms with Crippen LogP contribution in [0.1, 0.15) is 21.5 Å². The Morgan fingerprint density at radius 2 is 1.64 bits per heavy atom. The highest BCUT2D eigenvalue weighted by atomic mass is 16.4. The third-order valence-corrected chi connectivity index (χ3v) is 3.51. The molecule has 5 nitrogen and oxygen atoms in total. The van der Waals surface area contributed by atoms with Crippen molar-refractivity contribution >= 4 is 11.9 Å². The number of aliphatic hydroxyl groups excluding tert-OH is 1. The van der Waals surface area contributed by atoms with Gasteiger partial charge in [0.1, 0.15) is 0 Å². The Labute approximate surface area is 128 Å². The lowest BCUT2D eigenvalue weighted by molar-refractivity contribution is -0.146. The average Bonchev–Trinajstić information content (AvgIpc) is 2.54. The molecule has 2 aromatic carbocycles. The number of aliphatic carboxylic acids is 1. The van der Waals surface area contributed by atoms with E-state index in [1.165, 1.54) is 0 Å². The van der Waals surface area contributed by atoms with E-state index in [2.05, 4.69) is 5.32 Å². The van der Waals surface area contributed by atoms with E-state index in [9.17, 15) is 19.8 Å². The van der Waals surface area contributed by atoms with E-state index in [0.29, 0.717) is 11.1 Å². The highest BCUT2D eigenvalue weighted by Gasteiger charge is 2.41. The van der Waals surface area contributed by atoms with Crippen molar-refractivity contribution in [2.75, 3.05) is 6.61 Å². The number of nitrogens with one attached hydrogen (secondary N) is 1. The van der Waals surface area contributed by atoms with Crippen molar-refractivity contribution in [3.63, 3.8) is 0 Å². The van der Waals surface area contributed by atoms with Gasteiger partial charge in [-0.25, -0.2) is 4.79 Å². The van der Waals surface area contributed by atoms with Gasteiger partial charge < -0.3 is 15.5 Å². The first-order valence-corrected chi connectivity index (χ1v) is 6.78. The van der Waals surface area contributed by atoms with Crippen LogP contribution in [-0.4, -0.2) is 28.7 Å². The first kappa shape index (κ1) is 15.7. The fraction of sp³-hybridized carbons (Fsp3) is 0.176. The Balaban J connectivity index is 2.40. The summed E-state index contributed by atoms with van der Waals surface area (Å²) in [5.74, 6) is -1.87. The number of carboxylic acid groups (broad SMARTS) is 1. The summed E-state index contributed by atoms with van der Waals surface area (Å²) >= 11 is 0. The van der Waals surface area contributed by atoms with Gasteiger partial charge in [-0.3, -0.25) is 4.79 Å². The van der Waals surface area contributed by atoms with Crippen LogP contribution in [0.3, 0.4) is 0 Å². The van der Waals surface area contributed by atoms with E-state index in [1.807, 2.05) is 6.92 Å². The van der Waals surface area contributed by atoms with Gasteiger partial charge in [-0.15, -0.1) is 0 Å². The average molecular weight is 299 g/mol. The van der Waals surface area contributed by atoms with E-state index >= 15 is 0 Å². The molecule has 1 amide bonds. The van der Waals surface area contributed by atoms with Gasteiger partial charge in [0.05, 0.1) is 6.61 Å². The van der Waals surface area contributed by atoms with Crippen molar-refractivity contribution in [3.8, 4) is 0 Å². The number of hydrogen-bond donors (Lipinski definition) is 3. The van der Waals surface area contributed by atoms with Gasteiger partial charge in [-0.1, -0.05) is 48.0 Å². The van der Waals surface area contributed by atoms with Crippen molar-refractivity contribution in [2.24, 2.45) is 0 Å². The number of aliphatic hydroxyl groups is 1. The fourth-order valence-electron chi connectivity index (χ4n) is 2.14. The minimum atomic E-state index is -1.87.